The monoisotopic (exact) mass is 378 g/mol. The van der Waals surface area contributed by atoms with Gasteiger partial charge in [-0.1, -0.05) is 35.5 Å². The lowest BCUT2D eigenvalue weighted by molar-refractivity contribution is 0.0686. The van der Waals surface area contributed by atoms with Crippen LogP contribution in [0.2, 0.25) is 0 Å². The van der Waals surface area contributed by atoms with Gasteiger partial charge in [0.25, 0.3) is 5.91 Å². The Kier molecular flexibility index (Phi) is 5.40. The van der Waals surface area contributed by atoms with Crippen molar-refractivity contribution in [2.75, 3.05) is 26.2 Å². The fraction of sp³-hybridized carbons (Fsp3) is 0.524. The van der Waals surface area contributed by atoms with Gasteiger partial charge in [-0.2, -0.15) is 5.26 Å². The van der Waals surface area contributed by atoms with Crippen molar-refractivity contribution in [2.45, 2.75) is 37.6 Å². The maximum atomic E-state index is 12.9. The summed E-state index contributed by atoms with van der Waals surface area (Å²) < 4.78 is 1.79. The van der Waals surface area contributed by atoms with Crippen LogP contribution in [0.1, 0.15) is 41.7 Å². The lowest BCUT2D eigenvalue weighted by Crippen LogP contribution is -2.44. The summed E-state index contributed by atoms with van der Waals surface area (Å²) in [7, 11) is 0. The molecule has 1 atom stereocenters. The third-order valence-corrected chi connectivity index (χ3v) is 6.05. The molecule has 0 unspecified atom stereocenters. The van der Waals surface area contributed by atoms with E-state index in [0.29, 0.717) is 37.5 Å². The van der Waals surface area contributed by atoms with E-state index in [0.717, 1.165) is 25.2 Å². The Morgan fingerprint density at radius 3 is 2.75 bits per heavy atom. The number of likely N-dealkylation sites (tertiary alicyclic amines) is 1. The fourth-order valence-corrected chi connectivity index (χ4v) is 4.31. The zero-order valence-corrected chi connectivity index (χ0v) is 16.0. The number of nitrogens with one attached hydrogen (secondary N) is 1. The standard InChI is InChI=1S/C21H26N6O/c22-16-21(18-6-2-1-3-7-18)8-11-26(12-9-21)20(28)19-15-27(25-24-19)14-17-5-4-10-23-13-17/h1-3,6-7,15,17,23H,4-5,8-14H2/t17-/m0/s1. The van der Waals surface area contributed by atoms with Gasteiger partial charge in [0.15, 0.2) is 5.69 Å². The summed E-state index contributed by atoms with van der Waals surface area (Å²) in [6, 6.07) is 12.4. The SMILES string of the molecule is N#CC1(c2ccccc2)CCN(C(=O)c2cn(C[C@H]3CCCNC3)nn2)CC1. The molecule has 1 N–H and O–H groups in total. The average molecular weight is 378 g/mol. The molecule has 0 saturated carbocycles. The molecule has 7 heteroatoms. The highest BCUT2D eigenvalue weighted by Gasteiger charge is 2.38. The van der Waals surface area contributed by atoms with Crippen molar-refractivity contribution in [3.05, 3.63) is 47.8 Å². The number of carbonyl (C=O) groups excluding carboxylic acids is 1. The first-order valence-electron chi connectivity index (χ1n) is 10.1. The summed E-state index contributed by atoms with van der Waals surface area (Å²) in [6.45, 7) is 3.98. The Hall–Kier alpha value is -2.72. The number of aromatic nitrogens is 3. The molecule has 7 nitrogen and oxygen atoms in total. The van der Waals surface area contributed by atoms with Gasteiger partial charge in [0, 0.05) is 19.6 Å². The predicted octanol–water partition coefficient (Wildman–Crippen LogP) is 1.98. The van der Waals surface area contributed by atoms with Crippen LogP contribution in [-0.2, 0) is 12.0 Å². The Labute approximate surface area is 165 Å². The quantitative estimate of drug-likeness (QED) is 0.879. The first-order chi connectivity index (χ1) is 13.7. The van der Waals surface area contributed by atoms with Crippen molar-refractivity contribution in [3.8, 4) is 6.07 Å². The van der Waals surface area contributed by atoms with E-state index in [1.165, 1.54) is 12.8 Å². The summed E-state index contributed by atoms with van der Waals surface area (Å²) in [5.74, 6) is 0.447. The average Bonchev–Trinajstić information content (AvgIpc) is 3.23. The van der Waals surface area contributed by atoms with Crippen molar-refractivity contribution in [3.63, 3.8) is 0 Å². The summed E-state index contributed by atoms with van der Waals surface area (Å²) >= 11 is 0. The summed E-state index contributed by atoms with van der Waals surface area (Å²) in [5.41, 5.74) is 0.925. The molecule has 1 aromatic heterocycles. The largest absolute Gasteiger partial charge is 0.337 e. The van der Waals surface area contributed by atoms with E-state index in [9.17, 15) is 10.1 Å². The van der Waals surface area contributed by atoms with Crippen molar-refractivity contribution in [1.82, 2.24) is 25.2 Å². The molecular formula is C21H26N6O. The van der Waals surface area contributed by atoms with Crippen LogP contribution in [0.15, 0.2) is 36.5 Å². The van der Waals surface area contributed by atoms with E-state index < -0.39 is 5.41 Å². The molecule has 0 bridgehead atoms. The third kappa shape index (κ3) is 3.78. The number of piperidine rings is 2. The van der Waals surface area contributed by atoms with Crippen molar-refractivity contribution in [2.24, 2.45) is 5.92 Å². The van der Waals surface area contributed by atoms with Crippen molar-refractivity contribution >= 4 is 5.91 Å². The van der Waals surface area contributed by atoms with E-state index in [-0.39, 0.29) is 5.91 Å². The predicted molar refractivity (Wildman–Crippen MR) is 104 cm³/mol. The Morgan fingerprint density at radius 1 is 1.29 bits per heavy atom. The smallest absolute Gasteiger partial charge is 0.276 e. The normalized spacial score (nSPS) is 21.8. The second-order valence-electron chi connectivity index (χ2n) is 7.89. The minimum Gasteiger partial charge on any atom is -0.337 e. The molecule has 0 radical (unpaired) electrons. The molecular weight excluding hydrogens is 352 g/mol. The molecule has 1 amide bonds. The Bertz CT molecular complexity index is 841. The van der Waals surface area contributed by atoms with Crippen LogP contribution in [0.5, 0.6) is 0 Å². The molecule has 146 valence electrons. The Balaban J connectivity index is 1.38. The fourth-order valence-electron chi connectivity index (χ4n) is 4.31. The molecule has 28 heavy (non-hydrogen) atoms. The molecule has 4 rings (SSSR count). The zero-order valence-electron chi connectivity index (χ0n) is 16.0. The first-order valence-corrected chi connectivity index (χ1v) is 10.1. The zero-order chi connectivity index (χ0) is 19.4. The second kappa shape index (κ2) is 8.11. The van der Waals surface area contributed by atoms with Gasteiger partial charge in [-0.05, 0) is 50.3 Å². The van der Waals surface area contributed by atoms with E-state index in [1.54, 1.807) is 15.8 Å². The van der Waals surface area contributed by atoms with Crippen LogP contribution in [-0.4, -0.2) is 52.0 Å². The van der Waals surface area contributed by atoms with Gasteiger partial charge in [0.1, 0.15) is 0 Å². The molecule has 2 saturated heterocycles. The van der Waals surface area contributed by atoms with Crippen LogP contribution in [0.3, 0.4) is 0 Å². The number of hydrogen-bond acceptors (Lipinski definition) is 5. The summed E-state index contributed by atoms with van der Waals surface area (Å²) in [5, 5.41) is 21.5. The molecule has 1 aromatic carbocycles. The van der Waals surface area contributed by atoms with Gasteiger partial charge in [-0.3, -0.25) is 9.48 Å². The highest BCUT2D eigenvalue weighted by atomic mass is 16.2. The van der Waals surface area contributed by atoms with Gasteiger partial charge in [0.05, 0.1) is 17.7 Å². The van der Waals surface area contributed by atoms with E-state index in [4.69, 9.17) is 0 Å². The molecule has 3 heterocycles. The van der Waals surface area contributed by atoms with Crippen LogP contribution in [0.4, 0.5) is 0 Å². The number of benzene rings is 1. The minimum absolute atomic E-state index is 0.0902. The van der Waals surface area contributed by atoms with Crippen LogP contribution >= 0.6 is 0 Å². The number of nitriles is 1. The maximum absolute atomic E-state index is 12.9. The number of carbonyl (C=O) groups is 1. The van der Waals surface area contributed by atoms with Gasteiger partial charge < -0.3 is 10.2 Å². The summed E-state index contributed by atoms with van der Waals surface area (Å²) in [4.78, 5) is 14.7. The molecule has 0 spiro atoms. The lowest BCUT2D eigenvalue weighted by Gasteiger charge is -2.37. The number of rotatable bonds is 4. The number of nitrogens with zero attached hydrogens (tertiary/aromatic N) is 5. The number of amides is 1. The van der Waals surface area contributed by atoms with Gasteiger partial charge >= 0.3 is 0 Å². The molecule has 2 aliphatic heterocycles. The molecule has 2 aromatic rings. The van der Waals surface area contributed by atoms with Gasteiger partial charge in [-0.15, -0.1) is 5.10 Å². The summed E-state index contributed by atoms with van der Waals surface area (Å²) in [6.07, 6.45) is 5.40. The molecule has 0 aliphatic carbocycles. The lowest BCUT2D eigenvalue weighted by atomic mass is 9.74. The molecule has 2 aliphatic rings. The second-order valence-corrected chi connectivity index (χ2v) is 7.89. The van der Waals surface area contributed by atoms with Crippen molar-refractivity contribution in [1.29, 1.82) is 5.26 Å². The van der Waals surface area contributed by atoms with E-state index in [2.05, 4.69) is 21.7 Å². The Morgan fingerprint density at radius 2 is 2.07 bits per heavy atom. The van der Waals surface area contributed by atoms with Crippen LogP contribution in [0, 0.1) is 17.2 Å². The molecule has 2 fully saturated rings. The number of hydrogen-bond donors (Lipinski definition) is 1. The topological polar surface area (TPSA) is 86.8 Å². The first kappa shape index (κ1) is 18.6. The maximum Gasteiger partial charge on any atom is 0.276 e. The third-order valence-electron chi connectivity index (χ3n) is 6.05. The highest BCUT2D eigenvalue weighted by molar-refractivity contribution is 5.92. The van der Waals surface area contributed by atoms with Crippen LogP contribution in [0.25, 0.3) is 0 Å². The highest BCUT2D eigenvalue weighted by Crippen LogP contribution is 2.35. The van der Waals surface area contributed by atoms with Crippen LogP contribution < -0.4 is 5.32 Å². The van der Waals surface area contributed by atoms with E-state index in [1.807, 2.05) is 30.3 Å². The minimum atomic E-state index is -0.510. The van der Waals surface area contributed by atoms with Gasteiger partial charge in [-0.25, -0.2) is 0 Å². The van der Waals surface area contributed by atoms with E-state index >= 15 is 0 Å². The van der Waals surface area contributed by atoms with Gasteiger partial charge in [0.2, 0.25) is 0 Å². The van der Waals surface area contributed by atoms with Crippen molar-refractivity contribution < 1.29 is 4.79 Å².